The molecule has 3 aromatic rings. The fourth-order valence-electron chi connectivity index (χ4n) is 4.37. The minimum Gasteiger partial charge on any atom is -0.480 e. The Labute approximate surface area is 212 Å². The molecule has 0 spiro atoms. The van der Waals surface area contributed by atoms with E-state index < -0.39 is 29.1 Å². The highest BCUT2D eigenvalue weighted by atomic mass is 32.2. The number of carbonyl (C=O) groups excluding carboxylic acids is 1. The third-order valence-corrected chi connectivity index (χ3v) is 7.14. The van der Waals surface area contributed by atoms with Crippen LogP contribution in [0.5, 0.6) is 0 Å². The number of nitrogens with zero attached hydrogens (tertiary/aromatic N) is 1. The van der Waals surface area contributed by atoms with Crippen molar-refractivity contribution in [3.63, 3.8) is 0 Å². The standard InChI is InChI=1S/C29H26FNO4S/c1-19-25(14-20-8-11-23(12-9-20)36(2)35)24-13-10-22(30)15-27(24)26(19)16-28(32)31(18-29(33)34)17-21-6-4-3-5-7-21/h3-15H,16-18H2,1-2H3,(H,33,34)/b25-14+. The number of hydrogen-bond acceptors (Lipinski definition) is 3. The third-order valence-electron chi connectivity index (χ3n) is 6.20. The van der Waals surface area contributed by atoms with Gasteiger partial charge in [0, 0.05) is 28.5 Å². The Balaban J connectivity index is 1.69. The first-order valence-corrected chi connectivity index (χ1v) is 13.0. The fraction of sp³-hybridized carbons (Fsp3) is 0.172. The second-order valence-corrected chi connectivity index (χ2v) is 10.1. The van der Waals surface area contributed by atoms with Gasteiger partial charge in [0.25, 0.3) is 0 Å². The van der Waals surface area contributed by atoms with Gasteiger partial charge in [-0.3, -0.25) is 13.8 Å². The molecule has 0 aromatic heterocycles. The zero-order valence-electron chi connectivity index (χ0n) is 20.0. The molecule has 1 aliphatic carbocycles. The zero-order valence-corrected chi connectivity index (χ0v) is 20.8. The molecular formula is C29H26FNO4S. The maximum Gasteiger partial charge on any atom is 0.323 e. The van der Waals surface area contributed by atoms with Gasteiger partial charge in [-0.1, -0.05) is 48.5 Å². The number of hydrogen-bond donors (Lipinski definition) is 1. The number of carboxylic acids is 1. The Bertz CT molecular complexity index is 1390. The van der Waals surface area contributed by atoms with Crippen molar-refractivity contribution in [2.75, 3.05) is 12.8 Å². The fourth-order valence-corrected chi connectivity index (χ4v) is 4.89. The van der Waals surface area contributed by atoms with Crippen LogP contribution >= 0.6 is 0 Å². The predicted octanol–water partition coefficient (Wildman–Crippen LogP) is 5.39. The van der Waals surface area contributed by atoms with E-state index in [1.807, 2.05) is 55.5 Å². The summed E-state index contributed by atoms with van der Waals surface area (Å²) < 4.78 is 26.0. The highest BCUT2D eigenvalue weighted by Gasteiger charge is 2.28. The van der Waals surface area contributed by atoms with Gasteiger partial charge in [0.05, 0.1) is 6.42 Å². The first-order valence-electron chi connectivity index (χ1n) is 11.4. The molecule has 36 heavy (non-hydrogen) atoms. The quantitative estimate of drug-likeness (QED) is 0.447. The molecule has 7 heteroatoms. The van der Waals surface area contributed by atoms with E-state index in [-0.39, 0.29) is 18.9 Å². The number of halogens is 1. The second kappa shape index (κ2) is 10.8. The number of rotatable bonds is 8. The Morgan fingerprint density at radius 3 is 2.33 bits per heavy atom. The molecule has 1 amide bonds. The molecule has 4 rings (SSSR count). The van der Waals surface area contributed by atoms with Gasteiger partial charge in [0.2, 0.25) is 5.91 Å². The van der Waals surface area contributed by atoms with E-state index in [4.69, 9.17) is 0 Å². The lowest BCUT2D eigenvalue weighted by Crippen LogP contribution is -2.35. The van der Waals surface area contributed by atoms with Crippen LogP contribution in [0, 0.1) is 5.82 Å². The molecule has 0 bridgehead atoms. The Morgan fingerprint density at radius 1 is 1.00 bits per heavy atom. The van der Waals surface area contributed by atoms with Crippen LogP contribution < -0.4 is 0 Å². The van der Waals surface area contributed by atoms with Gasteiger partial charge in [-0.05, 0) is 76.2 Å². The lowest BCUT2D eigenvalue weighted by Gasteiger charge is -2.21. The van der Waals surface area contributed by atoms with Crippen molar-refractivity contribution in [3.05, 3.63) is 106 Å². The Hall–Kier alpha value is -3.84. The van der Waals surface area contributed by atoms with E-state index in [0.717, 1.165) is 32.7 Å². The van der Waals surface area contributed by atoms with Crippen LogP contribution in [0.4, 0.5) is 4.39 Å². The summed E-state index contributed by atoms with van der Waals surface area (Å²) in [7, 11) is -1.08. The van der Waals surface area contributed by atoms with Crippen molar-refractivity contribution < 1.29 is 23.3 Å². The van der Waals surface area contributed by atoms with Crippen LogP contribution in [0.15, 0.2) is 83.3 Å². The maximum absolute atomic E-state index is 14.2. The minimum absolute atomic E-state index is 0.0481. The number of carbonyl (C=O) groups is 2. The van der Waals surface area contributed by atoms with Crippen molar-refractivity contribution in [1.82, 2.24) is 4.90 Å². The lowest BCUT2D eigenvalue weighted by atomic mass is 10.0. The molecule has 0 heterocycles. The molecular weight excluding hydrogens is 477 g/mol. The summed E-state index contributed by atoms with van der Waals surface area (Å²) in [6.45, 7) is 1.63. The number of benzene rings is 3. The summed E-state index contributed by atoms with van der Waals surface area (Å²) in [6.07, 6.45) is 3.54. The molecule has 0 fully saturated rings. The topological polar surface area (TPSA) is 74.7 Å². The summed E-state index contributed by atoms with van der Waals surface area (Å²) in [5.41, 5.74) is 5.54. The summed E-state index contributed by atoms with van der Waals surface area (Å²) >= 11 is 0. The third kappa shape index (κ3) is 5.69. The monoisotopic (exact) mass is 503 g/mol. The van der Waals surface area contributed by atoms with Gasteiger partial charge < -0.3 is 10.0 Å². The van der Waals surface area contributed by atoms with E-state index in [1.165, 1.54) is 17.0 Å². The van der Waals surface area contributed by atoms with Gasteiger partial charge >= 0.3 is 5.97 Å². The van der Waals surface area contributed by atoms with E-state index in [0.29, 0.717) is 11.1 Å². The average Bonchev–Trinajstić information content (AvgIpc) is 3.09. The predicted molar refractivity (Wildman–Crippen MR) is 140 cm³/mol. The number of fused-ring (bicyclic) bond motifs is 1. The number of allylic oxidation sites excluding steroid dienone is 2. The lowest BCUT2D eigenvalue weighted by molar-refractivity contribution is -0.144. The van der Waals surface area contributed by atoms with Crippen LogP contribution in [-0.2, 0) is 26.9 Å². The molecule has 0 radical (unpaired) electrons. The summed E-state index contributed by atoms with van der Waals surface area (Å²) in [5.74, 6) is -1.85. The number of amides is 1. The van der Waals surface area contributed by atoms with Gasteiger partial charge in [-0.25, -0.2) is 4.39 Å². The molecule has 184 valence electrons. The highest BCUT2D eigenvalue weighted by molar-refractivity contribution is 7.84. The molecule has 1 atom stereocenters. The van der Waals surface area contributed by atoms with Gasteiger partial charge in [0.15, 0.2) is 0 Å². The van der Waals surface area contributed by atoms with Crippen LogP contribution in [0.1, 0.15) is 35.6 Å². The van der Waals surface area contributed by atoms with Gasteiger partial charge in [-0.2, -0.15) is 0 Å². The summed E-state index contributed by atoms with van der Waals surface area (Å²) in [6, 6.07) is 21.1. The van der Waals surface area contributed by atoms with E-state index in [9.17, 15) is 23.3 Å². The van der Waals surface area contributed by atoms with Crippen LogP contribution in [0.2, 0.25) is 0 Å². The smallest absolute Gasteiger partial charge is 0.323 e. The van der Waals surface area contributed by atoms with Crippen molar-refractivity contribution in [2.24, 2.45) is 0 Å². The Morgan fingerprint density at radius 2 is 1.69 bits per heavy atom. The first-order chi connectivity index (χ1) is 17.2. The maximum atomic E-state index is 14.2. The molecule has 3 aromatic carbocycles. The largest absolute Gasteiger partial charge is 0.480 e. The van der Waals surface area contributed by atoms with Crippen molar-refractivity contribution >= 4 is 39.9 Å². The van der Waals surface area contributed by atoms with Crippen LogP contribution in [0.25, 0.3) is 17.2 Å². The summed E-state index contributed by atoms with van der Waals surface area (Å²) in [4.78, 5) is 26.8. The first kappa shape index (κ1) is 25.3. The van der Waals surface area contributed by atoms with Crippen molar-refractivity contribution in [1.29, 1.82) is 0 Å². The number of aliphatic carboxylic acids is 1. The van der Waals surface area contributed by atoms with Gasteiger partial charge in [-0.15, -0.1) is 0 Å². The van der Waals surface area contributed by atoms with Gasteiger partial charge in [0.1, 0.15) is 12.4 Å². The van der Waals surface area contributed by atoms with Crippen LogP contribution in [0.3, 0.4) is 0 Å². The molecule has 1 aliphatic rings. The zero-order chi connectivity index (χ0) is 25.8. The SMILES string of the molecule is CC1=C(CC(=O)N(CC(=O)O)Cc2ccccc2)c2cc(F)ccc2/C1=C/c1ccc(S(C)=O)cc1. The van der Waals surface area contributed by atoms with E-state index >= 15 is 0 Å². The van der Waals surface area contributed by atoms with E-state index in [1.54, 1.807) is 24.5 Å². The Kier molecular flexibility index (Phi) is 7.60. The molecule has 0 saturated carbocycles. The normalized spacial score (nSPS) is 14.6. The average molecular weight is 504 g/mol. The van der Waals surface area contributed by atoms with Crippen LogP contribution in [-0.4, -0.2) is 38.9 Å². The van der Waals surface area contributed by atoms with E-state index in [2.05, 4.69) is 0 Å². The second-order valence-electron chi connectivity index (χ2n) is 8.68. The number of carboxylic acid groups (broad SMARTS) is 1. The van der Waals surface area contributed by atoms with Crippen molar-refractivity contribution in [3.8, 4) is 0 Å². The highest BCUT2D eigenvalue weighted by Crippen LogP contribution is 2.44. The minimum atomic E-state index is -1.10. The van der Waals surface area contributed by atoms with Crippen molar-refractivity contribution in [2.45, 2.75) is 24.8 Å². The molecule has 1 unspecified atom stereocenters. The summed E-state index contributed by atoms with van der Waals surface area (Å²) in [5, 5.41) is 9.39. The molecule has 0 saturated heterocycles. The molecule has 0 aliphatic heterocycles. The molecule has 5 nitrogen and oxygen atoms in total. The molecule has 1 N–H and O–H groups in total.